The van der Waals surface area contributed by atoms with Gasteiger partial charge in [-0.15, -0.1) is 0 Å². The fraction of sp³-hybridized carbons (Fsp3) is 0.667. The molecule has 0 heterocycles. The van der Waals surface area contributed by atoms with E-state index in [2.05, 4.69) is 22.5 Å². The Morgan fingerprint density at radius 1 is 1.88 bits per heavy atom. The summed E-state index contributed by atoms with van der Waals surface area (Å²) in [5.41, 5.74) is 0.854. The molecule has 0 rings (SSSR count). The van der Waals surface area contributed by atoms with E-state index in [9.17, 15) is 0 Å². The van der Waals surface area contributed by atoms with Crippen molar-refractivity contribution in [3.05, 3.63) is 12.2 Å². The van der Waals surface area contributed by atoms with Gasteiger partial charge in [-0.1, -0.05) is 29.4 Å². The molecular formula is C6H11BrO. The van der Waals surface area contributed by atoms with Gasteiger partial charge in [-0.3, -0.25) is 0 Å². The van der Waals surface area contributed by atoms with Gasteiger partial charge in [-0.25, -0.2) is 0 Å². The lowest BCUT2D eigenvalue weighted by atomic mass is 10.1. The van der Waals surface area contributed by atoms with E-state index in [0.717, 1.165) is 12.0 Å². The molecule has 0 aliphatic rings. The van der Waals surface area contributed by atoms with Gasteiger partial charge in [0.25, 0.3) is 0 Å². The van der Waals surface area contributed by atoms with Gasteiger partial charge in [-0.2, -0.15) is 0 Å². The lowest BCUT2D eigenvalue weighted by Gasteiger charge is -2.06. The average molecular weight is 179 g/mol. The van der Waals surface area contributed by atoms with Gasteiger partial charge < -0.3 is 5.11 Å². The van der Waals surface area contributed by atoms with Crippen LogP contribution in [-0.4, -0.2) is 16.5 Å². The number of rotatable bonds is 3. The zero-order valence-electron chi connectivity index (χ0n) is 5.02. The maximum Gasteiger partial charge on any atom is 0.0753 e. The molecule has 0 saturated carbocycles. The second kappa shape index (κ2) is 4.10. The Morgan fingerprint density at radius 3 is 2.50 bits per heavy atom. The monoisotopic (exact) mass is 178 g/mol. The van der Waals surface area contributed by atoms with E-state index in [1.54, 1.807) is 0 Å². The van der Waals surface area contributed by atoms with E-state index in [1.165, 1.54) is 0 Å². The summed E-state index contributed by atoms with van der Waals surface area (Å²) >= 11 is 3.20. The minimum absolute atomic E-state index is 0.325. The summed E-state index contributed by atoms with van der Waals surface area (Å²) in [7, 11) is 0. The fourth-order valence-electron chi connectivity index (χ4n) is 0.378. The van der Waals surface area contributed by atoms with Gasteiger partial charge in [0.1, 0.15) is 0 Å². The number of aliphatic hydroxyl groups excluding tert-OH is 1. The zero-order valence-corrected chi connectivity index (χ0v) is 6.61. The smallest absolute Gasteiger partial charge is 0.0753 e. The lowest BCUT2D eigenvalue weighted by molar-refractivity contribution is 0.208. The van der Waals surface area contributed by atoms with Gasteiger partial charge in [0.15, 0.2) is 0 Å². The topological polar surface area (TPSA) is 20.2 Å². The lowest BCUT2D eigenvalue weighted by Crippen LogP contribution is -2.07. The molecule has 0 saturated heterocycles. The Morgan fingerprint density at radius 2 is 2.38 bits per heavy atom. The first kappa shape index (κ1) is 8.18. The third-order valence-corrected chi connectivity index (χ3v) is 1.75. The highest BCUT2D eigenvalue weighted by atomic mass is 79.9. The van der Waals surface area contributed by atoms with Crippen LogP contribution in [0.2, 0.25) is 0 Å². The minimum atomic E-state index is -0.325. The predicted molar refractivity (Wildman–Crippen MR) is 39.2 cm³/mol. The van der Waals surface area contributed by atoms with Gasteiger partial charge in [0.05, 0.1) is 6.10 Å². The summed E-state index contributed by atoms with van der Waals surface area (Å²) in [5, 5.41) is 9.69. The normalized spacial score (nSPS) is 13.4. The Kier molecular flexibility index (Phi) is 4.19. The number of hydrogen-bond acceptors (Lipinski definition) is 1. The molecule has 0 spiro atoms. The van der Waals surface area contributed by atoms with E-state index < -0.39 is 0 Å². The van der Waals surface area contributed by atoms with Crippen molar-refractivity contribution >= 4 is 15.9 Å². The van der Waals surface area contributed by atoms with Crippen LogP contribution >= 0.6 is 15.9 Å². The summed E-state index contributed by atoms with van der Waals surface area (Å²) in [6.07, 6.45) is 0.430. The summed E-state index contributed by atoms with van der Waals surface area (Å²) in [6, 6.07) is 0. The first-order chi connectivity index (χ1) is 3.72. The molecule has 1 atom stereocenters. The minimum Gasteiger partial charge on any atom is -0.389 e. The molecule has 0 aromatic rings. The van der Waals surface area contributed by atoms with Crippen LogP contribution in [0, 0.1) is 0 Å². The van der Waals surface area contributed by atoms with Crippen molar-refractivity contribution < 1.29 is 5.11 Å². The average Bonchev–Trinajstić information content (AvgIpc) is 1.84. The molecular weight excluding hydrogens is 168 g/mol. The van der Waals surface area contributed by atoms with E-state index in [4.69, 9.17) is 5.11 Å². The number of alkyl halides is 1. The molecule has 2 heteroatoms. The Bertz CT molecular complexity index is 80.6. The largest absolute Gasteiger partial charge is 0.389 e. The molecule has 1 nitrogen and oxygen atoms in total. The Labute approximate surface area is 58.5 Å². The van der Waals surface area contributed by atoms with Crippen molar-refractivity contribution in [2.45, 2.75) is 19.4 Å². The number of halogens is 1. The molecule has 0 aromatic heterocycles. The van der Waals surface area contributed by atoms with Crippen molar-refractivity contribution in [1.82, 2.24) is 0 Å². The molecule has 48 valence electrons. The molecule has 0 unspecified atom stereocenters. The zero-order chi connectivity index (χ0) is 6.57. The van der Waals surface area contributed by atoms with Crippen molar-refractivity contribution in [2.75, 3.05) is 5.33 Å². The van der Waals surface area contributed by atoms with Crippen molar-refractivity contribution in [1.29, 1.82) is 0 Å². The van der Waals surface area contributed by atoms with Gasteiger partial charge >= 0.3 is 0 Å². The van der Waals surface area contributed by atoms with Crippen LogP contribution in [0.5, 0.6) is 0 Å². The van der Waals surface area contributed by atoms with Crippen molar-refractivity contribution in [3.8, 4) is 0 Å². The summed E-state index contributed by atoms with van der Waals surface area (Å²) < 4.78 is 0. The van der Waals surface area contributed by atoms with Gasteiger partial charge in [0.2, 0.25) is 0 Å². The van der Waals surface area contributed by atoms with Crippen molar-refractivity contribution in [3.63, 3.8) is 0 Å². The Hall–Kier alpha value is 0.180. The van der Waals surface area contributed by atoms with Gasteiger partial charge in [0, 0.05) is 5.33 Å². The van der Waals surface area contributed by atoms with Crippen LogP contribution < -0.4 is 0 Å². The predicted octanol–water partition coefficient (Wildman–Crippen LogP) is 1.71. The molecule has 0 aliphatic carbocycles. The summed E-state index contributed by atoms with van der Waals surface area (Å²) in [4.78, 5) is 0. The second-order valence-electron chi connectivity index (χ2n) is 1.72. The van der Waals surface area contributed by atoms with E-state index in [0.29, 0.717) is 5.33 Å². The Balaban J connectivity index is 3.46. The highest BCUT2D eigenvalue weighted by Gasteiger charge is 2.01. The van der Waals surface area contributed by atoms with Crippen LogP contribution in [0.15, 0.2) is 12.2 Å². The highest BCUT2D eigenvalue weighted by molar-refractivity contribution is 9.09. The SMILES string of the molecule is C=C(CBr)[C@@H](O)CC. The first-order valence-electron chi connectivity index (χ1n) is 2.64. The standard InChI is InChI=1S/C6H11BrO/c1-3-6(8)5(2)4-7/h6,8H,2-4H2,1H3/t6-/m0/s1. The number of hydrogen-bond donors (Lipinski definition) is 1. The van der Waals surface area contributed by atoms with Crippen molar-refractivity contribution in [2.24, 2.45) is 0 Å². The van der Waals surface area contributed by atoms with E-state index >= 15 is 0 Å². The molecule has 1 N–H and O–H groups in total. The molecule has 0 bridgehead atoms. The second-order valence-corrected chi connectivity index (χ2v) is 2.28. The maximum atomic E-state index is 9.00. The molecule has 0 aromatic carbocycles. The molecule has 0 fully saturated rings. The molecule has 8 heavy (non-hydrogen) atoms. The molecule has 0 radical (unpaired) electrons. The number of aliphatic hydroxyl groups is 1. The summed E-state index contributed by atoms with van der Waals surface area (Å²) in [5.74, 6) is 0. The van der Waals surface area contributed by atoms with E-state index in [-0.39, 0.29) is 6.10 Å². The van der Waals surface area contributed by atoms with Crippen LogP contribution in [0.4, 0.5) is 0 Å². The van der Waals surface area contributed by atoms with Crippen LogP contribution in [-0.2, 0) is 0 Å². The third-order valence-electron chi connectivity index (χ3n) is 1.03. The van der Waals surface area contributed by atoms with Crippen LogP contribution in [0.3, 0.4) is 0 Å². The van der Waals surface area contributed by atoms with Crippen LogP contribution in [0.25, 0.3) is 0 Å². The summed E-state index contributed by atoms with van der Waals surface area (Å²) in [6.45, 7) is 5.58. The fourth-order valence-corrected chi connectivity index (χ4v) is 0.751. The first-order valence-corrected chi connectivity index (χ1v) is 3.76. The molecule has 0 aliphatic heterocycles. The third kappa shape index (κ3) is 2.48. The molecule has 0 amide bonds. The van der Waals surface area contributed by atoms with Crippen LogP contribution in [0.1, 0.15) is 13.3 Å². The maximum absolute atomic E-state index is 9.00. The van der Waals surface area contributed by atoms with E-state index in [1.807, 2.05) is 6.92 Å². The quantitative estimate of drug-likeness (QED) is 0.516. The van der Waals surface area contributed by atoms with Gasteiger partial charge in [-0.05, 0) is 12.0 Å². The highest BCUT2D eigenvalue weighted by Crippen LogP contribution is 2.05.